The van der Waals surface area contributed by atoms with Gasteiger partial charge in [-0.1, -0.05) is 26.0 Å². The summed E-state index contributed by atoms with van der Waals surface area (Å²) in [4.78, 5) is 11.8. The second kappa shape index (κ2) is 7.61. The molecule has 0 radical (unpaired) electrons. The molecule has 1 aliphatic heterocycles. The topological polar surface area (TPSA) is 73.6 Å². The lowest BCUT2D eigenvalue weighted by Crippen LogP contribution is -2.35. The van der Waals surface area contributed by atoms with Gasteiger partial charge in [0.2, 0.25) is 5.91 Å². The fraction of sp³-hybridized carbons (Fsp3) is 0.588. The summed E-state index contributed by atoms with van der Waals surface area (Å²) < 4.78 is 10.8. The van der Waals surface area contributed by atoms with E-state index in [9.17, 15) is 4.79 Å². The van der Waals surface area contributed by atoms with E-state index in [-0.39, 0.29) is 24.6 Å². The van der Waals surface area contributed by atoms with Crippen molar-refractivity contribution in [1.82, 2.24) is 5.32 Å². The van der Waals surface area contributed by atoms with Crippen molar-refractivity contribution in [1.29, 1.82) is 0 Å². The molecule has 3 N–H and O–H groups in total. The van der Waals surface area contributed by atoms with Crippen molar-refractivity contribution in [2.75, 3.05) is 20.3 Å². The van der Waals surface area contributed by atoms with E-state index >= 15 is 0 Å². The van der Waals surface area contributed by atoms with Gasteiger partial charge < -0.3 is 20.5 Å². The highest BCUT2D eigenvalue weighted by Gasteiger charge is 2.27. The maximum absolute atomic E-state index is 11.8. The van der Waals surface area contributed by atoms with Crippen LogP contribution in [-0.4, -0.2) is 26.2 Å². The summed E-state index contributed by atoms with van der Waals surface area (Å²) in [5.41, 5.74) is 9.55. The van der Waals surface area contributed by atoms with Crippen molar-refractivity contribution in [2.24, 2.45) is 5.73 Å². The third-order valence-electron chi connectivity index (χ3n) is 4.09. The Balaban J connectivity index is 2.38. The van der Waals surface area contributed by atoms with E-state index < -0.39 is 0 Å². The molecule has 2 rings (SSSR count). The van der Waals surface area contributed by atoms with Crippen LogP contribution in [0.3, 0.4) is 0 Å². The number of carbonyl (C=O) groups is 1. The number of rotatable bonds is 6. The monoisotopic (exact) mass is 306 g/mol. The third kappa shape index (κ3) is 3.59. The van der Waals surface area contributed by atoms with Gasteiger partial charge in [-0.15, -0.1) is 0 Å². The molecule has 0 saturated carbocycles. The zero-order valence-corrected chi connectivity index (χ0v) is 13.6. The molecule has 1 aromatic rings. The number of nitrogens with one attached hydrogen (secondary N) is 1. The SMILES string of the molecule is CCc1cc(C(N)CC)c2c(c1)C(NC(=O)COC)CCO2. The summed E-state index contributed by atoms with van der Waals surface area (Å²) in [5.74, 6) is 0.740. The molecule has 0 bridgehead atoms. The number of ether oxygens (including phenoxy) is 2. The minimum atomic E-state index is -0.108. The normalized spacial score (nSPS) is 18.3. The van der Waals surface area contributed by atoms with Crippen LogP contribution in [0.4, 0.5) is 0 Å². The van der Waals surface area contributed by atoms with Crippen LogP contribution in [0, 0.1) is 0 Å². The summed E-state index contributed by atoms with van der Waals surface area (Å²) in [7, 11) is 1.52. The summed E-state index contributed by atoms with van der Waals surface area (Å²) in [6, 6.07) is 4.17. The Labute approximate surface area is 132 Å². The summed E-state index contributed by atoms with van der Waals surface area (Å²) in [6.07, 6.45) is 2.54. The maximum atomic E-state index is 11.8. The van der Waals surface area contributed by atoms with Crippen molar-refractivity contribution < 1.29 is 14.3 Å². The Morgan fingerprint density at radius 2 is 2.27 bits per heavy atom. The van der Waals surface area contributed by atoms with Gasteiger partial charge in [0, 0.05) is 30.7 Å². The van der Waals surface area contributed by atoms with Gasteiger partial charge in [-0.2, -0.15) is 0 Å². The van der Waals surface area contributed by atoms with Crippen LogP contribution < -0.4 is 15.8 Å². The maximum Gasteiger partial charge on any atom is 0.246 e. The van der Waals surface area contributed by atoms with Crippen molar-refractivity contribution in [3.05, 3.63) is 28.8 Å². The van der Waals surface area contributed by atoms with Crippen LogP contribution in [0.15, 0.2) is 12.1 Å². The van der Waals surface area contributed by atoms with Crippen molar-refractivity contribution in [3.63, 3.8) is 0 Å². The highest BCUT2D eigenvalue weighted by molar-refractivity contribution is 5.78. The lowest BCUT2D eigenvalue weighted by molar-refractivity contribution is -0.125. The largest absolute Gasteiger partial charge is 0.493 e. The smallest absolute Gasteiger partial charge is 0.246 e. The lowest BCUT2D eigenvalue weighted by atomic mass is 9.91. The predicted molar refractivity (Wildman–Crippen MR) is 85.9 cm³/mol. The molecule has 0 aromatic heterocycles. The lowest BCUT2D eigenvalue weighted by Gasteiger charge is -2.30. The van der Waals surface area contributed by atoms with Crippen LogP contribution in [0.1, 0.15) is 55.5 Å². The first-order chi connectivity index (χ1) is 10.6. The number of methoxy groups -OCH3 is 1. The van der Waals surface area contributed by atoms with E-state index in [0.29, 0.717) is 6.61 Å². The quantitative estimate of drug-likeness (QED) is 0.845. The molecule has 0 saturated heterocycles. The van der Waals surface area contributed by atoms with Crippen molar-refractivity contribution in [3.8, 4) is 5.75 Å². The Kier molecular flexibility index (Phi) is 5.80. The van der Waals surface area contributed by atoms with E-state index in [0.717, 1.165) is 36.1 Å². The molecular weight excluding hydrogens is 280 g/mol. The average molecular weight is 306 g/mol. The number of aryl methyl sites for hydroxylation is 1. The van der Waals surface area contributed by atoms with E-state index in [1.54, 1.807) is 0 Å². The minimum absolute atomic E-state index is 0.0410. The van der Waals surface area contributed by atoms with Crippen LogP contribution >= 0.6 is 0 Å². The molecule has 22 heavy (non-hydrogen) atoms. The van der Waals surface area contributed by atoms with Gasteiger partial charge >= 0.3 is 0 Å². The molecule has 1 heterocycles. The summed E-state index contributed by atoms with van der Waals surface area (Å²) in [5, 5.41) is 3.03. The van der Waals surface area contributed by atoms with E-state index in [4.69, 9.17) is 15.2 Å². The standard InChI is InChI=1S/C17H26N2O3/c1-4-11-8-12(14(18)5-2)17-13(9-11)15(6-7-22-17)19-16(20)10-21-3/h8-9,14-15H,4-7,10,18H2,1-3H3,(H,19,20). The fourth-order valence-electron chi connectivity index (χ4n) is 2.82. The highest BCUT2D eigenvalue weighted by Crippen LogP contribution is 2.39. The molecule has 2 atom stereocenters. The summed E-state index contributed by atoms with van der Waals surface area (Å²) in [6.45, 7) is 4.84. The first-order valence-electron chi connectivity index (χ1n) is 7.94. The molecule has 0 aliphatic carbocycles. The zero-order valence-electron chi connectivity index (χ0n) is 13.6. The molecule has 1 aliphatic rings. The van der Waals surface area contributed by atoms with Gasteiger partial charge in [-0.25, -0.2) is 0 Å². The number of hydrogen-bond acceptors (Lipinski definition) is 4. The number of benzene rings is 1. The second-order valence-electron chi connectivity index (χ2n) is 5.66. The Morgan fingerprint density at radius 1 is 1.50 bits per heavy atom. The molecule has 5 heteroatoms. The van der Waals surface area contributed by atoms with Gasteiger partial charge in [0.15, 0.2) is 0 Å². The Bertz CT molecular complexity index is 531. The van der Waals surface area contributed by atoms with Gasteiger partial charge in [0.1, 0.15) is 12.4 Å². The first kappa shape index (κ1) is 16.8. The Hall–Kier alpha value is -1.59. The van der Waals surface area contributed by atoms with Crippen molar-refractivity contribution in [2.45, 2.75) is 45.2 Å². The average Bonchev–Trinajstić information content (AvgIpc) is 2.53. The number of fused-ring (bicyclic) bond motifs is 1. The molecule has 5 nitrogen and oxygen atoms in total. The van der Waals surface area contributed by atoms with Gasteiger partial charge in [-0.05, 0) is 18.4 Å². The molecule has 0 spiro atoms. The highest BCUT2D eigenvalue weighted by atomic mass is 16.5. The molecule has 1 amide bonds. The molecule has 0 fully saturated rings. The van der Waals surface area contributed by atoms with Crippen molar-refractivity contribution >= 4 is 5.91 Å². The van der Waals surface area contributed by atoms with Crippen LogP contribution in [0.5, 0.6) is 5.75 Å². The molecule has 2 unspecified atom stereocenters. The van der Waals surface area contributed by atoms with E-state index in [2.05, 4.69) is 31.3 Å². The Morgan fingerprint density at radius 3 is 2.91 bits per heavy atom. The summed E-state index contributed by atoms with van der Waals surface area (Å²) >= 11 is 0. The molecular formula is C17H26N2O3. The van der Waals surface area contributed by atoms with Gasteiger partial charge in [0.25, 0.3) is 0 Å². The van der Waals surface area contributed by atoms with E-state index in [1.807, 2.05) is 0 Å². The van der Waals surface area contributed by atoms with Crippen LogP contribution in [0.2, 0.25) is 0 Å². The van der Waals surface area contributed by atoms with Crippen LogP contribution in [0.25, 0.3) is 0 Å². The van der Waals surface area contributed by atoms with Gasteiger partial charge in [-0.3, -0.25) is 4.79 Å². The number of carbonyl (C=O) groups excluding carboxylic acids is 1. The number of hydrogen-bond donors (Lipinski definition) is 2. The van der Waals surface area contributed by atoms with Gasteiger partial charge in [0.05, 0.1) is 12.6 Å². The number of nitrogens with two attached hydrogens (primary N) is 1. The second-order valence-corrected chi connectivity index (χ2v) is 5.66. The molecule has 122 valence electrons. The predicted octanol–water partition coefficient (Wildman–Crippen LogP) is 2.25. The number of amides is 1. The first-order valence-corrected chi connectivity index (χ1v) is 7.94. The van der Waals surface area contributed by atoms with Crippen LogP contribution in [-0.2, 0) is 16.0 Å². The minimum Gasteiger partial charge on any atom is -0.493 e. The molecule has 1 aromatic carbocycles. The fourth-order valence-corrected chi connectivity index (χ4v) is 2.82. The zero-order chi connectivity index (χ0) is 16.1. The third-order valence-corrected chi connectivity index (χ3v) is 4.09. The van der Waals surface area contributed by atoms with E-state index in [1.165, 1.54) is 12.7 Å².